The zero-order chi connectivity index (χ0) is 22.5. The summed E-state index contributed by atoms with van der Waals surface area (Å²) in [5, 5.41) is 7.55. The fraction of sp³-hybridized carbons (Fsp3) is 0.381. The Balaban J connectivity index is 1.80. The molecule has 1 N–H and O–H groups in total. The van der Waals surface area contributed by atoms with Crippen LogP contribution in [0.25, 0.3) is 0 Å². The number of halogens is 1. The summed E-state index contributed by atoms with van der Waals surface area (Å²) in [5.41, 5.74) is 1.98. The molecule has 1 aromatic carbocycles. The molecule has 4 rings (SSSR count). The van der Waals surface area contributed by atoms with Crippen LogP contribution in [0.1, 0.15) is 23.5 Å². The number of carbonyl (C=O) groups excluding carboxylic acids is 1. The minimum absolute atomic E-state index is 0.276. The number of ether oxygens (including phenoxy) is 1. The molecule has 0 bridgehead atoms. The molecule has 2 aliphatic rings. The van der Waals surface area contributed by atoms with Crippen LogP contribution < -0.4 is 10.6 Å². The molecule has 0 saturated carbocycles. The molecule has 2 unspecified atom stereocenters. The highest BCUT2D eigenvalue weighted by molar-refractivity contribution is 7.94. The molecule has 0 aliphatic carbocycles. The zero-order valence-electron chi connectivity index (χ0n) is 17.5. The van der Waals surface area contributed by atoms with Gasteiger partial charge in [0.25, 0.3) is 0 Å². The van der Waals surface area contributed by atoms with Crippen molar-refractivity contribution in [2.75, 3.05) is 38.6 Å². The number of aliphatic imine (C=N–C) groups is 1. The van der Waals surface area contributed by atoms with Crippen LogP contribution in [0, 0.1) is 0 Å². The third kappa shape index (κ3) is 5.53. The van der Waals surface area contributed by atoms with Gasteiger partial charge in [0.2, 0.25) is 0 Å². The highest BCUT2D eigenvalue weighted by Crippen LogP contribution is 2.36. The molecule has 1 saturated heterocycles. The monoisotopic (exact) mass is 510 g/mol. The number of nitrogens with one attached hydrogen (secondary N) is 1. The van der Waals surface area contributed by atoms with Gasteiger partial charge in [0.1, 0.15) is 6.04 Å². The Bertz CT molecular complexity index is 1020. The highest BCUT2D eigenvalue weighted by atomic mass is 35.5. The second-order valence-electron chi connectivity index (χ2n) is 7.16. The van der Waals surface area contributed by atoms with Gasteiger partial charge in [-0.05, 0) is 30.3 Å². The van der Waals surface area contributed by atoms with E-state index in [1.54, 1.807) is 13.1 Å². The van der Waals surface area contributed by atoms with Gasteiger partial charge in [-0.1, -0.05) is 23.7 Å². The van der Waals surface area contributed by atoms with E-state index >= 15 is 0 Å². The van der Waals surface area contributed by atoms with Crippen LogP contribution in [0.2, 0.25) is 5.02 Å². The van der Waals surface area contributed by atoms with E-state index < -0.39 is 12.0 Å². The second kappa shape index (κ2) is 11.1. The number of amidine groups is 1. The van der Waals surface area contributed by atoms with Crippen molar-refractivity contribution in [1.82, 2.24) is 15.2 Å². The normalized spacial score (nSPS) is 19.8. The fourth-order valence-electron chi connectivity index (χ4n) is 3.55. The molecular weight excluding hydrogens is 487 g/mol. The fourth-order valence-corrected chi connectivity index (χ4v) is 5.44. The number of hydrogen-bond donors (Lipinski definition) is 1. The van der Waals surface area contributed by atoms with Crippen molar-refractivity contribution in [3.05, 3.63) is 56.6 Å². The molecule has 0 radical (unpaired) electrons. The Kier molecular flexibility index (Phi) is 8.21. The number of thiazole rings is 1. The predicted octanol–water partition coefficient (Wildman–Crippen LogP) is 3.19. The lowest BCUT2D eigenvalue weighted by atomic mass is 9.95. The van der Waals surface area contributed by atoms with Gasteiger partial charge in [0, 0.05) is 53.2 Å². The molecule has 170 valence electrons. The van der Waals surface area contributed by atoms with Crippen LogP contribution in [0.15, 0.2) is 46.0 Å². The number of rotatable bonds is 6. The molecule has 3 heterocycles. The Labute approximate surface area is 203 Å². The minimum Gasteiger partial charge on any atom is -0.463 e. The molecule has 2 aromatic rings. The molecule has 0 spiro atoms. The number of hydrogen-bond acceptors (Lipinski definition) is 9. The lowest BCUT2D eigenvalue weighted by Gasteiger charge is -2.30. The second-order valence-corrected chi connectivity index (χ2v) is 10.0. The molecule has 2 atom stereocenters. The number of carbonyl (C=O) groups is 1. The zero-order valence-corrected chi connectivity index (χ0v) is 21.1. The van der Waals surface area contributed by atoms with Gasteiger partial charge in [-0.3, -0.25) is 9.89 Å². The number of esters is 1. The third-order valence-electron chi connectivity index (χ3n) is 5.02. The Morgan fingerprint density at radius 3 is 3.06 bits per heavy atom. The minimum atomic E-state index is -0.597. The maximum Gasteiger partial charge on any atom is 0.338 e. The third-order valence-corrected chi connectivity index (χ3v) is 7.17. The van der Waals surface area contributed by atoms with Crippen molar-refractivity contribution in [1.29, 1.82) is 0 Å². The summed E-state index contributed by atoms with van der Waals surface area (Å²) in [4.78, 5) is 24.7. The first-order chi connectivity index (χ1) is 15.6. The van der Waals surface area contributed by atoms with Crippen molar-refractivity contribution in [2.24, 2.45) is 4.99 Å². The van der Waals surface area contributed by atoms with E-state index in [1.807, 2.05) is 23.6 Å². The van der Waals surface area contributed by atoms with Crippen LogP contribution in [-0.4, -0.2) is 60.3 Å². The van der Waals surface area contributed by atoms with Gasteiger partial charge < -0.3 is 14.2 Å². The van der Waals surface area contributed by atoms with Crippen molar-refractivity contribution >= 4 is 61.3 Å². The number of nitrogens with zero attached hydrogens (tertiary/aromatic N) is 3. The first kappa shape index (κ1) is 23.7. The highest BCUT2D eigenvalue weighted by Gasteiger charge is 2.34. The molecule has 1 fully saturated rings. The van der Waals surface area contributed by atoms with Crippen LogP contribution in [-0.2, 0) is 13.7 Å². The molecule has 1 aromatic heterocycles. The number of benzene rings is 1. The Hall–Kier alpha value is -1.48. The maximum atomic E-state index is 13.2. The summed E-state index contributed by atoms with van der Waals surface area (Å²) in [7, 11) is 2.64. The van der Waals surface area contributed by atoms with E-state index in [9.17, 15) is 4.79 Å². The molecule has 7 nitrogen and oxygen atoms in total. The average molecular weight is 511 g/mol. The van der Waals surface area contributed by atoms with Gasteiger partial charge >= 0.3 is 5.97 Å². The summed E-state index contributed by atoms with van der Waals surface area (Å²) in [6, 6.07) is 5.11. The Morgan fingerprint density at radius 2 is 2.31 bits per heavy atom. The standard InChI is InChI=1S/C21H24ClN4O3PS2/c1-2-28-21(27)17-16(12-26-6-8-29-32-10-7-26)24-19(20-23-5-9-31-20)25-18(17)14-4-3-13(30)11-15(14)22/h3-5,9,11,18H,2,6-8,10,12,30H2,1H3,(H,24,25). The predicted molar refractivity (Wildman–Crippen MR) is 134 cm³/mol. The van der Waals surface area contributed by atoms with E-state index in [0.29, 0.717) is 29.6 Å². The SMILES string of the molecule is CCOC(=O)C1=C(CN2CCOSCC2)NC(c2nccs2)=NC1c1ccc(P)cc1Cl. The van der Waals surface area contributed by atoms with Gasteiger partial charge in [-0.25, -0.2) is 9.78 Å². The van der Waals surface area contributed by atoms with Crippen LogP contribution in [0.4, 0.5) is 0 Å². The van der Waals surface area contributed by atoms with Crippen LogP contribution in [0.3, 0.4) is 0 Å². The summed E-state index contributed by atoms with van der Waals surface area (Å²) in [5.74, 6) is 1.09. The quantitative estimate of drug-likeness (QED) is 0.363. The average Bonchev–Trinajstić information content (AvgIpc) is 3.19. The topological polar surface area (TPSA) is 76.0 Å². The molecular formula is C21H24ClN4O3PS2. The molecule has 11 heteroatoms. The lowest BCUT2D eigenvalue weighted by Crippen LogP contribution is -2.40. The van der Waals surface area contributed by atoms with Crippen LogP contribution in [0.5, 0.6) is 0 Å². The van der Waals surface area contributed by atoms with Gasteiger partial charge in [0.15, 0.2) is 10.8 Å². The largest absolute Gasteiger partial charge is 0.463 e. The number of aromatic nitrogens is 1. The summed E-state index contributed by atoms with van der Waals surface area (Å²) in [6.45, 7) is 4.86. The van der Waals surface area contributed by atoms with Crippen LogP contribution >= 0.6 is 44.2 Å². The van der Waals surface area contributed by atoms with Crippen molar-refractivity contribution in [3.63, 3.8) is 0 Å². The van der Waals surface area contributed by atoms with Crippen molar-refractivity contribution < 1.29 is 13.7 Å². The maximum absolute atomic E-state index is 13.2. The van der Waals surface area contributed by atoms with E-state index in [-0.39, 0.29) is 6.61 Å². The van der Waals surface area contributed by atoms with Gasteiger partial charge in [-0.15, -0.1) is 20.6 Å². The smallest absolute Gasteiger partial charge is 0.338 e. The first-order valence-corrected chi connectivity index (χ1v) is 13.0. The van der Waals surface area contributed by atoms with Crippen molar-refractivity contribution in [3.8, 4) is 0 Å². The first-order valence-electron chi connectivity index (χ1n) is 10.2. The summed E-state index contributed by atoms with van der Waals surface area (Å²) >= 11 is 9.59. The summed E-state index contributed by atoms with van der Waals surface area (Å²) < 4.78 is 11.0. The van der Waals surface area contributed by atoms with Crippen molar-refractivity contribution in [2.45, 2.75) is 13.0 Å². The Morgan fingerprint density at radius 1 is 1.44 bits per heavy atom. The van der Waals surface area contributed by atoms with E-state index in [1.165, 1.54) is 23.4 Å². The van der Waals surface area contributed by atoms with Gasteiger partial charge in [0.05, 0.1) is 18.8 Å². The summed E-state index contributed by atoms with van der Waals surface area (Å²) in [6.07, 6.45) is 1.74. The lowest BCUT2D eigenvalue weighted by molar-refractivity contribution is -0.139. The van der Waals surface area contributed by atoms with E-state index in [4.69, 9.17) is 25.5 Å². The molecule has 32 heavy (non-hydrogen) atoms. The van der Waals surface area contributed by atoms with E-state index in [2.05, 4.69) is 24.4 Å². The molecule has 0 amide bonds. The van der Waals surface area contributed by atoms with E-state index in [0.717, 1.165) is 40.4 Å². The van der Waals surface area contributed by atoms with Gasteiger partial charge in [-0.2, -0.15) is 0 Å². The molecule has 2 aliphatic heterocycles.